The maximum Gasteiger partial charge on any atom is 0.241 e. The van der Waals surface area contributed by atoms with Crippen LogP contribution in [0.25, 0.3) is 0 Å². The maximum atomic E-state index is 13.7. The molecule has 1 aliphatic heterocycles. The highest BCUT2D eigenvalue weighted by atomic mass is 19.2. The Morgan fingerprint density at radius 2 is 1.86 bits per heavy atom. The molecule has 1 amide bonds. The standard InChI is InChI=1S/C22H24F2N2O2/c1-28-21-12-19(24)18(23)11-16(21)13-26-10-2-3-20(26)22(27)25-17-8-6-15(7-9-17)14-4-5-14/h6-9,11-12,14,20H,2-5,10,13H2,1H3,(H,25,27)/t20-/m1/s1. The van der Waals surface area contributed by atoms with Crippen LogP contribution >= 0.6 is 0 Å². The normalized spacial score (nSPS) is 19.6. The Bertz CT molecular complexity index is 866. The van der Waals surface area contributed by atoms with Gasteiger partial charge in [-0.1, -0.05) is 12.1 Å². The van der Waals surface area contributed by atoms with Crippen molar-refractivity contribution in [2.24, 2.45) is 0 Å². The van der Waals surface area contributed by atoms with Gasteiger partial charge in [0.25, 0.3) is 0 Å². The van der Waals surface area contributed by atoms with Crippen LogP contribution in [0.2, 0.25) is 0 Å². The second-order valence-corrected chi connectivity index (χ2v) is 7.59. The van der Waals surface area contributed by atoms with Gasteiger partial charge in [-0.15, -0.1) is 0 Å². The maximum absolute atomic E-state index is 13.7. The molecule has 1 atom stereocenters. The van der Waals surface area contributed by atoms with Crippen LogP contribution in [0.3, 0.4) is 0 Å². The van der Waals surface area contributed by atoms with E-state index < -0.39 is 11.6 Å². The van der Waals surface area contributed by atoms with E-state index in [0.717, 1.165) is 37.2 Å². The van der Waals surface area contributed by atoms with Gasteiger partial charge in [0, 0.05) is 23.9 Å². The highest BCUT2D eigenvalue weighted by Crippen LogP contribution is 2.40. The Labute approximate surface area is 163 Å². The summed E-state index contributed by atoms with van der Waals surface area (Å²) in [6.45, 7) is 1.06. The fourth-order valence-electron chi connectivity index (χ4n) is 3.90. The number of ether oxygens (including phenoxy) is 1. The van der Waals surface area contributed by atoms with E-state index in [1.165, 1.54) is 25.5 Å². The lowest BCUT2D eigenvalue weighted by atomic mass is 10.1. The third-order valence-corrected chi connectivity index (χ3v) is 5.59. The van der Waals surface area contributed by atoms with E-state index in [1.54, 1.807) is 0 Å². The molecule has 4 rings (SSSR count). The first-order chi connectivity index (χ1) is 13.5. The molecule has 0 radical (unpaired) electrons. The Balaban J connectivity index is 1.44. The summed E-state index contributed by atoms with van der Waals surface area (Å²) in [5, 5.41) is 2.99. The smallest absolute Gasteiger partial charge is 0.241 e. The minimum atomic E-state index is -0.939. The molecule has 1 aliphatic carbocycles. The van der Waals surface area contributed by atoms with Crippen molar-refractivity contribution in [2.45, 2.75) is 44.2 Å². The molecule has 148 valence electrons. The number of nitrogens with one attached hydrogen (secondary N) is 1. The second-order valence-electron chi connectivity index (χ2n) is 7.59. The molecule has 1 N–H and O–H groups in total. The molecule has 0 bridgehead atoms. The summed E-state index contributed by atoms with van der Waals surface area (Å²) in [6, 6.07) is 9.94. The van der Waals surface area contributed by atoms with Crippen molar-refractivity contribution >= 4 is 11.6 Å². The van der Waals surface area contributed by atoms with Gasteiger partial charge in [0.05, 0.1) is 13.2 Å². The SMILES string of the molecule is COc1cc(F)c(F)cc1CN1CCC[C@@H]1C(=O)Nc1ccc(C2CC2)cc1. The number of nitrogens with zero attached hydrogens (tertiary/aromatic N) is 1. The summed E-state index contributed by atoms with van der Waals surface area (Å²) in [6.07, 6.45) is 4.11. The molecule has 2 aliphatic rings. The van der Waals surface area contributed by atoms with Gasteiger partial charge in [0.15, 0.2) is 11.6 Å². The lowest BCUT2D eigenvalue weighted by Gasteiger charge is -2.24. The average molecular weight is 386 g/mol. The molecule has 6 heteroatoms. The van der Waals surface area contributed by atoms with Gasteiger partial charge in [0.1, 0.15) is 5.75 Å². The molecule has 2 aromatic carbocycles. The number of methoxy groups -OCH3 is 1. The molecule has 4 nitrogen and oxygen atoms in total. The first-order valence-electron chi connectivity index (χ1n) is 9.72. The highest BCUT2D eigenvalue weighted by Gasteiger charge is 2.31. The molecule has 0 spiro atoms. The minimum Gasteiger partial charge on any atom is -0.496 e. The van der Waals surface area contributed by atoms with E-state index in [1.807, 2.05) is 17.0 Å². The molecule has 0 aromatic heterocycles. The number of likely N-dealkylation sites (tertiary alicyclic amines) is 1. The predicted molar refractivity (Wildman–Crippen MR) is 103 cm³/mol. The Morgan fingerprint density at radius 1 is 1.14 bits per heavy atom. The third-order valence-electron chi connectivity index (χ3n) is 5.59. The van der Waals surface area contributed by atoms with E-state index in [4.69, 9.17) is 4.74 Å². The van der Waals surface area contributed by atoms with Crippen LogP contribution in [0.5, 0.6) is 5.75 Å². The van der Waals surface area contributed by atoms with Crippen molar-refractivity contribution in [1.82, 2.24) is 4.90 Å². The molecule has 0 unspecified atom stereocenters. The van der Waals surface area contributed by atoms with E-state index in [-0.39, 0.29) is 11.9 Å². The van der Waals surface area contributed by atoms with Gasteiger partial charge in [-0.2, -0.15) is 0 Å². The van der Waals surface area contributed by atoms with Crippen LogP contribution < -0.4 is 10.1 Å². The number of carbonyl (C=O) groups is 1. The Kier molecular flexibility index (Phi) is 5.31. The van der Waals surface area contributed by atoms with Crippen LogP contribution in [-0.2, 0) is 11.3 Å². The minimum absolute atomic E-state index is 0.0711. The van der Waals surface area contributed by atoms with E-state index >= 15 is 0 Å². The quantitative estimate of drug-likeness (QED) is 0.797. The first kappa shape index (κ1) is 18.9. The van der Waals surface area contributed by atoms with E-state index in [0.29, 0.717) is 23.8 Å². The summed E-state index contributed by atoms with van der Waals surface area (Å²) in [5.74, 6) is -0.947. The lowest BCUT2D eigenvalue weighted by Crippen LogP contribution is -2.39. The van der Waals surface area contributed by atoms with Crippen LogP contribution in [0.15, 0.2) is 36.4 Å². The largest absolute Gasteiger partial charge is 0.496 e. The Hall–Kier alpha value is -2.47. The summed E-state index contributed by atoms with van der Waals surface area (Å²) in [5.41, 5.74) is 2.65. The molecule has 1 saturated carbocycles. The van der Waals surface area contributed by atoms with E-state index in [2.05, 4.69) is 17.4 Å². The van der Waals surface area contributed by atoms with Crippen molar-refractivity contribution < 1.29 is 18.3 Å². The van der Waals surface area contributed by atoms with Crippen molar-refractivity contribution in [3.8, 4) is 5.75 Å². The highest BCUT2D eigenvalue weighted by molar-refractivity contribution is 5.95. The number of carbonyl (C=O) groups excluding carboxylic acids is 1. The zero-order valence-corrected chi connectivity index (χ0v) is 15.9. The molecule has 28 heavy (non-hydrogen) atoms. The number of hydrogen-bond acceptors (Lipinski definition) is 3. The monoisotopic (exact) mass is 386 g/mol. The molecule has 2 fully saturated rings. The van der Waals surface area contributed by atoms with Gasteiger partial charge < -0.3 is 10.1 Å². The zero-order chi connectivity index (χ0) is 19.7. The second kappa shape index (κ2) is 7.87. The van der Waals surface area contributed by atoms with Crippen LogP contribution in [0.4, 0.5) is 14.5 Å². The first-order valence-corrected chi connectivity index (χ1v) is 9.72. The fourth-order valence-corrected chi connectivity index (χ4v) is 3.90. The molecular formula is C22H24F2N2O2. The van der Waals surface area contributed by atoms with Gasteiger partial charge >= 0.3 is 0 Å². The van der Waals surface area contributed by atoms with Crippen LogP contribution in [0.1, 0.15) is 42.7 Å². The summed E-state index contributed by atoms with van der Waals surface area (Å²) >= 11 is 0. The van der Waals surface area contributed by atoms with Crippen molar-refractivity contribution in [3.63, 3.8) is 0 Å². The van der Waals surface area contributed by atoms with Gasteiger partial charge in [-0.25, -0.2) is 8.78 Å². The number of rotatable bonds is 6. The topological polar surface area (TPSA) is 41.6 Å². The molecular weight excluding hydrogens is 362 g/mol. The van der Waals surface area contributed by atoms with Crippen molar-refractivity contribution in [1.29, 1.82) is 0 Å². The summed E-state index contributed by atoms with van der Waals surface area (Å²) in [7, 11) is 1.43. The number of amides is 1. The average Bonchev–Trinajstić information content (AvgIpc) is 3.44. The summed E-state index contributed by atoms with van der Waals surface area (Å²) < 4.78 is 32.3. The predicted octanol–water partition coefficient (Wildman–Crippen LogP) is 4.45. The lowest BCUT2D eigenvalue weighted by molar-refractivity contribution is -0.120. The van der Waals surface area contributed by atoms with Gasteiger partial charge in [-0.05, 0) is 61.9 Å². The fraction of sp³-hybridized carbons (Fsp3) is 0.409. The molecule has 1 saturated heterocycles. The number of benzene rings is 2. The van der Waals surface area contributed by atoms with Crippen molar-refractivity contribution in [3.05, 3.63) is 59.2 Å². The van der Waals surface area contributed by atoms with Crippen LogP contribution in [0, 0.1) is 11.6 Å². The number of anilines is 1. The third kappa shape index (κ3) is 4.02. The van der Waals surface area contributed by atoms with E-state index in [9.17, 15) is 13.6 Å². The van der Waals surface area contributed by atoms with Gasteiger partial charge in [0.2, 0.25) is 5.91 Å². The van der Waals surface area contributed by atoms with Crippen LogP contribution in [-0.4, -0.2) is 30.5 Å². The molecule has 2 aromatic rings. The van der Waals surface area contributed by atoms with Gasteiger partial charge in [-0.3, -0.25) is 9.69 Å². The Morgan fingerprint density at radius 3 is 2.54 bits per heavy atom. The van der Waals surface area contributed by atoms with Crippen molar-refractivity contribution in [2.75, 3.05) is 19.0 Å². The summed E-state index contributed by atoms with van der Waals surface area (Å²) in [4.78, 5) is 14.8. The number of hydrogen-bond donors (Lipinski definition) is 1. The molecule has 1 heterocycles. The zero-order valence-electron chi connectivity index (χ0n) is 15.9. The number of halogens is 2.